The standard InChI is InChI=1S/C20H27NO2/c22-14-13-21-19-10-3-4-11-20(19)23-15-12-17-8-5-7-16-6-1-2-9-18(16)17/h1-2,5-9,19-22H,3-4,10-15H2/t19-,20-/m0/s1. The van der Waals surface area contributed by atoms with Crippen molar-refractivity contribution in [2.45, 2.75) is 44.2 Å². The number of hydrogen-bond donors (Lipinski definition) is 2. The van der Waals surface area contributed by atoms with Crippen molar-refractivity contribution >= 4 is 10.8 Å². The third-order valence-corrected chi connectivity index (χ3v) is 4.80. The van der Waals surface area contributed by atoms with Crippen molar-refractivity contribution in [3.8, 4) is 0 Å². The van der Waals surface area contributed by atoms with Gasteiger partial charge in [-0.15, -0.1) is 0 Å². The van der Waals surface area contributed by atoms with Gasteiger partial charge in [0, 0.05) is 12.6 Å². The summed E-state index contributed by atoms with van der Waals surface area (Å²) in [6, 6.07) is 15.4. The van der Waals surface area contributed by atoms with E-state index in [9.17, 15) is 0 Å². The second-order valence-corrected chi connectivity index (χ2v) is 6.37. The van der Waals surface area contributed by atoms with Crippen LogP contribution < -0.4 is 5.32 Å². The molecule has 3 nitrogen and oxygen atoms in total. The Bertz CT molecular complexity index is 608. The molecular weight excluding hydrogens is 286 g/mol. The third-order valence-electron chi connectivity index (χ3n) is 4.80. The van der Waals surface area contributed by atoms with E-state index >= 15 is 0 Å². The lowest BCUT2D eigenvalue weighted by atomic mass is 9.92. The largest absolute Gasteiger partial charge is 0.395 e. The molecule has 2 aromatic carbocycles. The van der Waals surface area contributed by atoms with Gasteiger partial charge in [0.2, 0.25) is 0 Å². The molecule has 1 fully saturated rings. The van der Waals surface area contributed by atoms with E-state index in [1.165, 1.54) is 29.2 Å². The molecule has 2 N–H and O–H groups in total. The van der Waals surface area contributed by atoms with Crippen LogP contribution in [0.1, 0.15) is 31.2 Å². The highest BCUT2D eigenvalue weighted by Crippen LogP contribution is 2.23. The van der Waals surface area contributed by atoms with Gasteiger partial charge in [0.25, 0.3) is 0 Å². The molecule has 0 amide bonds. The van der Waals surface area contributed by atoms with Gasteiger partial charge in [0.1, 0.15) is 0 Å². The number of rotatable bonds is 7. The van der Waals surface area contributed by atoms with Gasteiger partial charge in [-0.05, 0) is 35.6 Å². The van der Waals surface area contributed by atoms with Gasteiger partial charge in [-0.3, -0.25) is 0 Å². The first-order chi connectivity index (χ1) is 11.4. The Labute approximate surface area is 138 Å². The van der Waals surface area contributed by atoms with Crippen LogP contribution in [0.4, 0.5) is 0 Å². The Balaban J connectivity index is 1.57. The molecule has 2 atom stereocenters. The summed E-state index contributed by atoms with van der Waals surface area (Å²) in [6.07, 6.45) is 6.01. The highest BCUT2D eigenvalue weighted by atomic mass is 16.5. The Kier molecular flexibility index (Phi) is 6.03. The molecule has 0 aliphatic heterocycles. The molecule has 0 unspecified atom stereocenters. The minimum absolute atomic E-state index is 0.194. The van der Waals surface area contributed by atoms with Crippen molar-refractivity contribution in [3.63, 3.8) is 0 Å². The van der Waals surface area contributed by atoms with E-state index in [0.29, 0.717) is 12.6 Å². The van der Waals surface area contributed by atoms with Crippen LogP contribution in [0.3, 0.4) is 0 Å². The fourth-order valence-corrected chi connectivity index (χ4v) is 3.61. The Morgan fingerprint density at radius 3 is 2.78 bits per heavy atom. The van der Waals surface area contributed by atoms with Crippen molar-refractivity contribution < 1.29 is 9.84 Å². The SMILES string of the molecule is OCCN[C@H]1CCCC[C@@H]1OCCc1cccc2ccccc12. The van der Waals surface area contributed by atoms with Gasteiger partial charge in [0.05, 0.1) is 19.3 Å². The van der Waals surface area contributed by atoms with Crippen LogP contribution in [0, 0.1) is 0 Å². The van der Waals surface area contributed by atoms with E-state index < -0.39 is 0 Å². The van der Waals surface area contributed by atoms with E-state index in [0.717, 1.165) is 25.9 Å². The highest BCUT2D eigenvalue weighted by molar-refractivity contribution is 5.85. The molecular formula is C20H27NO2. The van der Waals surface area contributed by atoms with Crippen LogP contribution in [0.2, 0.25) is 0 Å². The zero-order valence-electron chi connectivity index (χ0n) is 13.7. The average Bonchev–Trinajstić information content (AvgIpc) is 2.61. The van der Waals surface area contributed by atoms with Crippen molar-refractivity contribution in [1.82, 2.24) is 5.32 Å². The fraction of sp³-hybridized carbons (Fsp3) is 0.500. The lowest BCUT2D eigenvalue weighted by molar-refractivity contribution is 0.00597. The minimum atomic E-state index is 0.194. The summed E-state index contributed by atoms with van der Waals surface area (Å²) in [6.45, 7) is 1.61. The Morgan fingerprint density at radius 2 is 1.87 bits per heavy atom. The summed E-state index contributed by atoms with van der Waals surface area (Å²) >= 11 is 0. The van der Waals surface area contributed by atoms with Crippen molar-refractivity contribution in [2.24, 2.45) is 0 Å². The van der Waals surface area contributed by atoms with E-state index in [2.05, 4.69) is 47.8 Å². The Morgan fingerprint density at radius 1 is 1.04 bits per heavy atom. The summed E-state index contributed by atoms with van der Waals surface area (Å²) in [4.78, 5) is 0. The molecule has 0 heterocycles. The van der Waals surface area contributed by atoms with Gasteiger partial charge in [-0.2, -0.15) is 0 Å². The maximum atomic E-state index is 9.01. The summed E-state index contributed by atoms with van der Waals surface area (Å²) in [5, 5.41) is 15.1. The summed E-state index contributed by atoms with van der Waals surface area (Å²) < 4.78 is 6.20. The monoisotopic (exact) mass is 313 g/mol. The van der Waals surface area contributed by atoms with Crippen LogP contribution >= 0.6 is 0 Å². The van der Waals surface area contributed by atoms with Gasteiger partial charge in [-0.25, -0.2) is 0 Å². The molecule has 124 valence electrons. The maximum Gasteiger partial charge on any atom is 0.0728 e. The quantitative estimate of drug-likeness (QED) is 0.824. The van der Waals surface area contributed by atoms with Crippen LogP contribution in [0.5, 0.6) is 0 Å². The lowest BCUT2D eigenvalue weighted by Gasteiger charge is -2.32. The van der Waals surface area contributed by atoms with E-state index in [1.54, 1.807) is 0 Å². The second-order valence-electron chi connectivity index (χ2n) is 6.37. The molecule has 2 aromatic rings. The first kappa shape index (κ1) is 16.4. The third kappa shape index (κ3) is 4.31. The van der Waals surface area contributed by atoms with E-state index in [-0.39, 0.29) is 12.7 Å². The molecule has 0 spiro atoms. The number of nitrogens with one attached hydrogen (secondary N) is 1. The highest BCUT2D eigenvalue weighted by Gasteiger charge is 2.24. The Hall–Kier alpha value is -1.42. The first-order valence-electron chi connectivity index (χ1n) is 8.81. The second kappa shape index (κ2) is 8.44. The predicted molar refractivity (Wildman–Crippen MR) is 94.7 cm³/mol. The molecule has 0 radical (unpaired) electrons. The molecule has 1 aliphatic rings. The van der Waals surface area contributed by atoms with E-state index in [1.807, 2.05) is 0 Å². The summed E-state index contributed by atoms with van der Waals surface area (Å²) in [7, 11) is 0. The molecule has 1 aliphatic carbocycles. The van der Waals surface area contributed by atoms with Crippen LogP contribution in [-0.2, 0) is 11.2 Å². The first-order valence-corrected chi connectivity index (χ1v) is 8.81. The van der Waals surface area contributed by atoms with Crippen molar-refractivity contribution in [1.29, 1.82) is 0 Å². The van der Waals surface area contributed by atoms with Gasteiger partial charge < -0.3 is 15.2 Å². The molecule has 0 aromatic heterocycles. The topological polar surface area (TPSA) is 41.5 Å². The van der Waals surface area contributed by atoms with Crippen molar-refractivity contribution in [3.05, 3.63) is 48.0 Å². The zero-order chi connectivity index (χ0) is 15.9. The van der Waals surface area contributed by atoms with E-state index in [4.69, 9.17) is 9.84 Å². The summed E-state index contributed by atoms with van der Waals surface area (Å²) in [5.74, 6) is 0. The molecule has 3 rings (SSSR count). The van der Waals surface area contributed by atoms with Crippen molar-refractivity contribution in [2.75, 3.05) is 19.8 Å². The number of ether oxygens (including phenoxy) is 1. The molecule has 23 heavy (non-hydrogen) atoms. The molecule has 1 saturated carbocycles. The normalized spacial score (nSPS) is 21.6. The van der Waals surface area contributed by atoms with Gasteiger partial charge in [0.15, 0.2) is 0 Å². The zero-order valence-corrected chi connectivity index (χ0v) is 13.7. The average molecular weight is 313 g/mol. The smallest absolute Gasteiger partial charge is 0.0728 e. The van der Waals surface area contributed by atoms with Crippen LogP contribution in [-0.4, -0.2) is 37.0 Å². The molecule has 0 bridgehead atoms. The number of hydrogen-bond acceptors (Lipinski definition) is 3. The molecule has 0 saturated heterocycles. The summed E-state index contributed by atoms with van der Waals surface area (Å²) in [5.41, 5.74) is 1.36. The minimum Gasteiger partial charge on any atom is -0.395 e. The fourth-order valence-electron chi connectivity index (χ4n) is 3.61. The predicted octanol–water partition coefficient (Wildman–Crippen LogP) is 3.29. The molecule has 3 heteroatoms. The lowest BCUT2D eigenvalue weighted by Crippen LogP contribution is -2.44. The number of aliphatic hydroxyl groups is 1. The van der Waals surface area contributed by atoms with Gasteiger partial charge >= 0.3 is 0 Å². The van der Waals surface area contributed by atoms with Crippen LogP contribution in [0.15, 0.2) is 42.5 Å². The number of fused-ring (bicyclic) bond motifs is 1. The number of benzene rings is 2. The van der Waals surface area contributed by atoms with Gasteiger partial charge in [-0.1, -0.05) is 55.3 Å². The maximum absolute atomic E-state index is 9.01. The van der Waals surface area contributed by atoms with Crippen LogP contribution in [0.25, 0.3) is 10.8 Å². The number of aliphatic hydroxyl groups excluding tert-OH is 1.